The Kier molecular flexibility index (Phi) is 4.66. The van der Waals surface area contributed by atoms with Crippen LogP contribution in [-0.4, -0.2) is 54.2 Å². The fourth-order valence-corrected chi connectivity index (χ4v) is 3.28. The van der Waals surface area contributed by atoms with E-state index >= 15 is 0 Å². The molecule has 0 spiro atoms. The molecule has 4 rings (SSSR count). The molecule has 1 atom stereocenters. The molecule has 3 aromatic rings. The van der Waals surface area contributed by atoms with E-state index in [4.69, 9.17) is 4.52 Å². The number of aromatic nitrogens is 6. The van der Waals surface area contributed by atoms with E-state index in [0.29, 0.717) is 30.6 Å². The van der Waals surface area contributed by atoms with Crippen molar-refractivity contribution in [2.24, 2.45) is 0 Å². The van der Waals surface area contributed by atoms with Gasteiger partial charge in [0.25, 0.3) is 0 Å². The first-order valence-corrected chi connectivity index (χ1v) is 9.05. The molecule has 1 unspecified atom stereocenters. The van der Waals surface area contributed by atoms with Crippen LogP contribution in [0, 0.1) is 6.92 Å². The van der Waals surface area contributed by atoms with Gasteiger partial charge < -0.3 is 9.42 Å². The van der Waals surface area contributed by atoms with Gasteiger partial charge in [0.05, 0.1) is 0 Å². The van der Waals surface area contributed by atoms with Crippen molar-refractivity contribution in [2.45, 2.75) is 38.6 Å². The highest BCUT2D eigenvalue weighted by atomic mass is 16.5. The van der Waals surface area contributed by atoms with E-state index in [2.05, 4.69) is 25.6 Å². The number of piperidine rings is 1. The summed E-state index contributed by atoms with van der Waals surface area (Å²) in [5, 5.41) is 16.4. The average molecular weight is 367 g/mol. The maximum Gasteiger partial charge on any atom is 0.249 e. The highest BCUT2D eigenvalue weighted by Crippen LogP contribution is 2.27. The van der Waals surface area contributed by atoms with Crippen LogP contribution in [0.2, 0.25) is 0 Å². The van der Waals surface area contributed by atoms with E-state index < -0.39 is 6.04 Å². The van der Waals surface area contributed by atoms with E-state index in [-0.39, 0.29) is 11.8 Å². The molecule has 1 aromatic carbocycles. The highest BCUT2D eigenvalue weighted by molar-refractivity contribution is 5.80. The molecule has 0 aliphatic carbocycles. The molecule has 3 heterocycles. The minimum atomic E-state index is -0.503. The van der Waals surface area contributed by atoms with Gasteiger partial charge in [0, 0.05) is 24.6 Å². The molecule has 0 saturated carbocycles. The van der Waals surface area contributed by atoms with Gasteiger partial charge in [-0.25, -0.2) is 0 Å². The molecule has 1 aliphatic rings. The number of hydrogen-bond donors (Lipinski definition) is 0. The van der Waals surface area contributed by atoms with Gasteiger partial charge in [-0.1, -0.05) is 35.5 Å². The zero-order valence-corrected chi connectivity index (χ0v) is 15.3. The standard InChI is InChI=1S/C18H21N7O2/c1-12(25-21-16(20-23-25)14-6-4-3-5-7-14)18(26)24-10-8-15(9-11-24)17-19-13(2)22-27-17/h3-7,12,15H,8-11H2,1-2H3. The van der Waals surface area contributed by atoms with Crippen LogP contribution >= 0.6 is 0 Å². The zero-order chi connectivity index (χ0) is 18.8. The number of carbonyl (C=O) groups excluding carboxylic acids is 1. The molecule has 0 N–H and O–H groups in total. The molecule has 9 heteroatoms. The van der Waals surface area contributed by atoms with E-state index in [1.807, 2.05) is 42.2 Å². The molecule has 1 fully saturated rings. The molecule has 1 amide bonds. The average Bonchev–Trinajstić information content (AvgIpc) is 3.37. The molecule has 2 aromatic heterocycles. The molecule has 1 aliphatic heterocycles. The maximum absolute atomic E-state index is 12.8. The Morgan fingerprint density at radius 2 is 1.96 bits per heavy atom. The van der Waals surface area contributed by atoms with Crippen molar-refractivity contribution in [3.05, 3.63) is 42.0 Å². The molecule has 9 nitrogen and oxygen atoms in total. The van der Waals surface area contributed by atoms with Crippen LogP contribution in [0.25, 0.3) is 11.4 Å². The number of tetrazole rings is 1. The number of rotatable bonds is 4. The van der Waals surface area contributed by atoms with E-state index in [0.717, 1.165) is 18.4 Å². The van der Waals surface area contributed by atoms with Crippen LogP contribution in [0.15, 0.2) is 34.9 Å². The summed E-state index contributed by atoms with van der Waals surface area (Å²) in [6.07, 6.45) is 1.61. The Morgan fingerprint density at radius 3 is 2.63 bits per heavy atom. The third-order valence-electron chi connectivity index (χ3n) is 4.86. The van der Waals surface area contributed by atoms with Crippen molar-refractivity contribution < 1.29 is 9.32 Å². The van der Waals surface area contributed by atoms with Crippen molar-refractivity contribution in [1.29, 1.82) is 0 Å². The minimum Gasteiger partial charge on any atom is -0.341 e. The van der Waals surface area contributed by atoms with E-state index in [1.54, 1.807) is 6.92 Å². The van der Waals surface area contributed by atoms with Crippen molar-refractivity contribution in [3.63, 3.8) is 0 Å². The third kappa shape index (κ3) is 3.57. The lowest BCUT2D eigenvalue weighted by Crippen LogP contribution is -2.41. The fraction of sp³-hybridized carbons (Fsp3) is 0.444. The van der Waals surface area contributed by atoms with Crippen LogP contribution in [0.3, 0.4) is 0 Å². The van der Waals surface area contributed by atoms with Crippen LogP contribution in [0.4, 0.5) is 0 Å². The number of benzene rings is 1. The van der Waals surface area contributed by atoms with Crippen LogP contribution in [0.1, 0.15) is 43.4 Å². The second kappa shape index (κ2) is 7.26. The largest absolute Gasteiger partial charge is 0.341 e. The van der Waals surface area contributed by atoms with Gasteiger partial charge in [-0.15, -0.1) is 10.2 Å². The Morgan fingerprint density at radius 1 is 1.22 bits per heavy atom. The maximum atomic E-state index is 12.8. The summed E-state index contributed by atoms with van der Waals surface area (Å²) in [5.41, 5.74) is 0.874. The number of carbonyl (C=O) groups is 1. The molecular formula is C18H21N7O2. The Labute approximate surface area is 156 Å². The number of amides is 1. The summed E-state index contributed by atoms with van der Waals surface area (Å²) in [4.78, 5) is 20.4. The molecule has 140 valence electrons. The smallest absolute Gasteiger partial charge is 0.249 e. The van der Waals surface area contributed by atoms with Crippen molar-refractivity contribution >= 4 is 5.91 Å². The van der Waals surface area contributed by atoms with E-state index in [1.165, 1.54) is 4.80 Å². The SMILES string of the molecule is Cc1noc(C2CCN(C(=O)C(C)n3nnc(-c4ccccc4)n3)CC2)n1. The lowest BCUT2D eigenvalue weighted by Gasteiger charge is -2.31. The van der Waals surface area contributed by atoms with Gasteiger partial charge in [-0.3, -0.25) is 4.79 Å². The number of likely N-dealkylation sites (tertiary alicyclic amines) is 1. The first-order chi connectivity index (χ1) is 13.1. The summed E-state index contributed by atoms with van der Waals surface area (Å²) in [6, 6.07) is 9.09. The van der Waals surface area contributed by atoms with Gasteiger partial charge in [0.2, 0.25) is 17.6 Å². The third-order valence-corrected chi connectivity index (χ3v) is 4.86. The Hall–Kier alpha value is -3.10. The summed E-state index contributed by atoms with van der Waals surface area (Å²) < 4.78 is 5.26. The van der Waals surface area contributed by atoms with Gasteiger partial charge in [-0.2, -0.15) is 9.78 Å². The Bertz CT molecular complexity index is 913. The van der Waals surface area contributed by atoms with Crippen molar-refractivity contribution in [1.82, 2.24) is 35.2 Å². The summed E-state index contributed by atoms with van der Waals surface area (Å²) >= 11 is 0. The van der Waals surface area contributed by atoms with Gasteiger partial charge in [0.15, 0.2) is 5.82 Å². The first kappa shape index (κ1) is 17.3. The lowest BCUT2D eigenvalue weighted by atomic mass is 9.96. The Balaban J connectivity index is 1.39. The molecule has 0 radical (unpaired) electrons. The normalized spacial score (nSPS) is 16.4. The zero-order valence-electron chi connectivity index (χ0n) is 15.3. The predicted octanol–water partition coefficient (Wildman–Crippen LogP) is 2.00. The lowest BCUT2D eigenvalue weighted by molar-refractivity contribution is -0.136. The summed E-state index contributed by atoms with van der Waals surface area (Å²) in [5.74, 6) is 2.02. The van der Waals surface area contributed by atoms with Crippen LogP contribution in [-0.2, 0) is 4.79 Å². The molecule has 27 heavy (non-hydrogen) atoms. The molecule has 0 bridgehead atoms. The van der Waals surface area contributed by atoms with Gasteiger partial charge in [0.1, 0.15) is 6.04 Å². The minimum absolute atomic E-state index is 0.00725. The molecule has 1 saturated heterocycles. The van der Waals surface area contributed by atoms with Crippen molar-refractivity contribution in [2.75, 3.05) is 13.1 Å². The number of hydrogen-bond acceptors (Lipinski definition) is 7. The second-order valence-electron chi connectivity index (χ2n) is 6.75. The number of aryl methyl sites for hydroxylation is 1. The predicted molar refractivity (Wildman–Crippen MR) is 95.6 cm³/mol. The number of nitrogens with zero attached hydrogens (tertiary/aromatic N) is 7. The topological polar surface area (TPSA) is 103 Å². The quantitative estimate of drug-likeness (QED) is 0.695. The molecular weight excluding hydrogens is 346 g/mol. The summed E-state index contributed by atoms with van der Waals surface area (Å²) in [7, 11) is 0. The van der Waals surface area contributed by atoms with Crippen LogP contribution < -0.4 is 0 Å². The summed E-state index contributed by atoms with van der Waals surface area (Å²) in [6.45, 7) is 4.90. The van der Waals surface area contributed by atoms with E-state index in [9.17, 15) is 4.79 Å². The fourth-order valence-electron chi connectivity index (χ4n) is 3.28. The van der Waals surface area contributed by atoms with Gasteiger partial charge >= 0.3 is 0 Å². The monoisotopic (exact) mass is 367 g/mol. The first-order valence-electron chi connectivity index (χ1n) is 9.05. The second-order valence-corrected chi connectivity index (χ2v) is 6.75. The van der Waals surface area contributed by atoms with Gasteiger partial charge in [-0.05, 0) is 31.9 Å². The van der Waals surface area contributed by atoms with Crippen LogP contribution in [0.5, 0.6) is 0 Å². The van der Waals surface area contributed by atoms with Crippen molar-refractivity contribution in [3.8, 4) is 11.4 Å². The highest BCUT2D eigenvalue weighted by Gasteiger charge is 2.30.